The van der Waals surface area contributed by atoms with Gasteiger partial charge < -0.3 is 4.90 Å². The molecule has 0 saturated carbocycles. The van der Waals surface area contributed by atoms with E-state index in [0.29, 0.717) is 0 Å². The van der Waals surface area contributed by atoms with E-state index in [4.69, 9.17) is 0 Å². The summed E-state index contributed by atoms with van der Waals surface area (Å²) in [7, 11) is 0. The molecule has 9 aromatic rings. The third kappa shape index (κ3) is 4.56. The Hall–Kier alpha value is -6.70. The SMILES string of the molecule is c1ccc(-c2ccccc2N(c2ccc3c(c2)-c2ccccc2C3(c2ccccc2)c2ccccc2)c2cc3ccccc3c3ccccc23)cc1. The first-order chi connectivity index (χ1) is 25.8. The average Bonchev–Trinajstić information content (AvgIpc) is 3.53. The van der Waals surface area contributed by atoms with Gasteiger partial charge in [0.15, 0.2) is 0 Å². The number of rotatable bonds is 6. The molecule has 0 N–H and O–H groups in total. The van der Waals surface area contributed by atoms with Gasteiger partial charge in [0, 0.05) is 16.6 Å². The molecule has 1 nitrogen and oxygen atoms in total. The molecule has 244 valence electrons. The molecule has 0 radical (unpaired) electrons. The second kappa shape index (κ2) is 12.3. The Labute approximate surface area is 304 Å². The highest BCUT2D eigenvalue weighted by atomic mass is 15.1. The quantitative estimate of drug-likeness (QED) is 0.160. The van der Waals surface area contributed by atoms with Crippen LogP contribution in [-0.4, -0.2) is 0 Å². The number of hydrogen-bond donors (Lipinski definition) is 0. The standard InChI is InChI=1S/C51H35N/c1-4-18-36(19-5-1)42-26-15-17-31-49(42)52(50-34-37-20-10-11-25-41(37)43-27-12-13-29-45(43)50)40-32-33-48-46(35-40)44-28-14-16-30-47(44)51(48,38-21-6-2-7-22-38)39-23-8-3-9-24-39/h1-35H. The molecule has 0 aromatic heterocycles. The molecular formula is C51H35N. The second-order valence-electron chi connectivity index (χ2n) is 13.6. The molecule has 52 heavy (non-hydrogen) atoms. The van der Waals surface area contributed by atoms with Gasteiger partial charge in [-0.2, -0.15) is 0 Å². The van der Waals surface area contributed by atoms with E-state index in [1.165, 1.54) is 66.1 Å². The van der Waals surface area contributed by atoms with Crippen LogP contribution in [0.15, 0.2) is 212 Å². The van der Waals surface area contributed by atoms with Crippen LogP contribution in [0, 0.1) is 0 Å². The molecule has 0 spiro atoms. The van der Waals surface area contributed by atoms with Gasteiger partial charge >= 0.3 is 0 Å². The molecule has 10 rings (SSSR count). The molecule has 0 atom stereocenters. The van der Waals surface area contributed by atoms with Gasteiger partial charge in [-0.25, -0.2) is 0 Å². The number of anilines is 3. The zero-order chi connectivity index (χ0) is 34.5. The highest BCUT2D eigenvalue weighted by Crippen LogP contribution is 2.57. The molecule has 0 unspecified atom stereocenters. The van der Waals surface area contributed by atoms with Crippen LogP contribution in [-0.2, 0) is 5.41 Å². The predicted molar refractivity (Wildman–Crippen MR) is 219 cm³/mol. The van der Waals surface area contributed by atoms with Gasteiger partial charge in [-0.05, 0) is 79.4 Å². The van der Waals surface area contributed by atoms with Crippen LogP contribution in [0.1, 0.15) is 22.3 Å². The molecule has 0 saturated heterocycles. The first-order valence-electron chi connectivity index (χ1n) is 18.0. The van der Waals surface area contributed by atoms with E-state index in [2.05, 4.69) is 217 Å². The minimum Gasteiger partial charge on any atom is -0.309 e. The summed E-state index contributed by atoms with van der Waals surface area (Å²) in [5.74, 6) is 0. The van der Waals surface area contributed by atoms with Crippen molar-refractivity contribution in [1.29, 1.82) is 0 Å². The smallest absolute Gasteiger partial charge is 0.0713 e. The van der Waals surface area contributed by atoms with E-state index >= 15 is 0 Å². The average molecular weight is 662 g/mol. The minimum absolute atomic E-state index is 0.449. The van der Waals surface area contributed by atoms with E-state index in [-0.39, 0.29) is 0 Å². The van der Waals surface area contributed by atoms with Crippen LogP contribution in [0.3, 0.4) is 0 Å². The molecule has 0 aliphatic heterocycles. The topological polar surface area (TPSA) is 3.24 Å². The van der Waals surface area contributed by atoms with Crippen LogP contribution < -0.4 is 4.90 Å². The van der Waals surface area contributed by atoms with Gasteiger partial charge in [0.2, 0.25) is 0 Å². The lowest BCUT2D eigenvalue weighted by Gasteiger charge is -2.34. The van der Waals surface area contributed by atoms with Crippen molar-refractivity contribution >= 4 is 38.6 Å². The van der Waals surface area contributed by atoms with E-state index in [0.717, 1.165) is 17.1 Å². The van der Waals surface area contributed by atoms with Crippen LogP contribution >= 0.6 is 0 Å². The maximum absolute atomic E-state index is 2.49. The van der Waals surface area contributed by atoms with Crippen molar-refractivity contribution in [3.8, 4) is 22.3 Å². The predicted octanol–water partition coefficient (Wildman–Crippen LogP) is 13.5. The summed E-state index contributed by atoms with van der Waals surface area (Å²) < 4.78 is 0. The highest BCUT2D eigenvalue weighted by molar-refractivity contribution is 6.15. The molecule has 1 aliphatic rings. The monoisotopic (exact) mass is 661 g/mol. The van der Waals surface area contributed by atoms with E-state index in [9.17, 15) is 0 Å². The molecular weight excluding hydrogens is 627 g/mol. The minimum atomic E-state index is -0.449. The van der Waals surface area contributed by atoms with Gasteiger partial charge in [-0.15, -0.1) is 0 Å². The Morgan fingerprint density at radius 1 is 0.327 bits per heavy atom. The lowest BCUT2D eigenvalue weighted by molar-refractivity contribution is 0.768. The number of para-hydroxylation sites is 1. The van der Waals surface area contributed by atoms with Crippen molar-refractivity contribution in [2.24, 2.45) is 0 Å². The Morgan fingerprint density at radius 2 is 0.865 bits per heavy atom. The second-order valence-corrected chi connectivity index (χ2v) is 13.6. The number of nitrogens with zero attached hydrogens (tertiary/aromatic N) is 1. The summed E-state index contributed by atoms with van der Waals surface area (Å²) in [6, 6.07) is 77.8. The number of benzene rings is 9. The van der Waals surface area contributed by atoms with E-state index < -0.39 is 5.41 Å². The molecule has 0 amide bonds. The lowest BCUT2D eigenvalue weighted by atomic mass is 9.68. The van der Waals surface area contributed by atoms with Gasteiger partial charge in [-0.3, -0.25) is 0 Å². The maximum Gasteiger partial charge on any atom is 0.0713 e. The van der Waals surface area contributed by atoms with Crippen molar-refractivity contribution in [3.63, 3.8) is 0 Å². The van der Waals surface area contributed by atoms with Crippen LogP contribution in [0.4, 0.5) is 17.1 Å². The Balaban J connectivity index is 1.29. The summed E-state index contributed by atoms with van der Waals surface area (Å²) in [4.78, 5) is 2.49. The molecule has 1 heteroatoms. The summed E-state index contributed by atoms with van der Waals surface area (Å²) in [6.45, 7) is 0. The number of hydrogen-bond acceptors (Lipinski definition) is 1. The first-order valence-corrected chi connectivity index (χ1v) is 18.0. The van der Waals surface area contributed by atoms with Crippen LogP contribution in [0.5, 0.6) is 0 Å². The van der Waals surface area contributed by atoms with Crippen molar-refractivity contribution in [3.05, 3.63) is 235 Å². The molecule has 9 aromatic carbocycles. The molecule has 0 heterocycles. The molecule has 0 bridgehead atoms. The van der Waals surface area contributed by atoms with Gasteiger partial charge in [0.05, 0.1) is 16.8 Å². The lowest BCUT2D eigenvalue weighted by Crippen LogP contribution is -2.28. The van der Waals surface area contributed by atoms with Crippen molar-refractivity contribution in [1.82, 2.24) is 0 Å². The summed E-state index contributed by atoms with van der Waals surface area (Å²) in [6.07, 6.45) is 0. The maximum atomic E-state index is 2.49. The normalized spacial score (nSPS) is 12.8. The molecule has 1 aliphatic carbocycles. The Bertz CT molecular complexity index is 2690. The Kier molecular flexibility index (Phi) is 7.11. The summed E-state index contributed by atoms with van der Waals surface area (Å²) >= 11 is 0. The van der Waals surface area contributed by atoms with Crippen molar-refractivity contribution in [2.75, 3.05) is 4.90 Å². The summed E-state index contributed by atoms with van der Waals surface area (Å²) in [5, 5.41) is 4.94. The van der Waals surface area contributed by atoms with Crippen molar-refractivity contribution in [2.45, 2.75) is 5.41 Å². The zero-order valence-corrected chi connectivity index (χ0v) is 28.7. The van der Waals surface area contributed by atoms with Crippen LogP contribution in [0.25, 0.3) is 43.8 Å². The van der Waals surface area contributed by atoms with Crippen LogP contribution in [0.2, 0.25) is 0 Å². The summed E-state index contributed by atoms with van der Waals surface area (Å²) in [5.41, 5.74) is 13.0. The zero-order valence-electron chi connectivity index (χ0n) is 28.7. The Morgan fingerprint density at radius 3 is 1.60 bits per heavy atom. The largest absolute Gasteiger partial charge is 0.309 e. The number of fused-ring (bicyclic) bond motifs is 6. The fourth-order valence-corrected chi connectivity index (χ4v) is 8.73. The van der Waals surface area contributed by atoms with Gasteiger partial charge in [0.25, 0.3) is 0 Å². The van der Waals surface area contributed by atoms with Gasteiger partial charge in [-0.1, -0.05) is 188 Å². The fraction of sp³-hybridized carbons (Fsp3) is 0.0196. The highest BCUT2D eigenvalue weighted by Gasteiger charge is 2.46. The third-order valence-electron chi connectivity index (χ3n) is 10.9. The van der Waals surface area contributed by atoms with E-state index in [1.54, 1.807) is 0 Å². The van der Waals surface area contributed by atoms with E-state index in [1.807, 2.05) is 0 Å². The molecule has 0 fully saturated rings. The fourth-order valence-electron chi connectivity index (χ4n) is 8.73. The van der Waals surface area contributed by atoms with Crippen molar-refractivity contribution < 1.29 is 0 Å². The third-order valence-corrected chi connectivity index (χ3v) is 10.9. The van der Waals surface area contributed by atoms with Gasteiger partial charge in [0.1, 0.15) is 0 Å². The first kappa shape index (κ1) is 30.2.